The van der Waals surface area contributed by atoms with Crippen LogP contribution < -0.4 is 20.6 Å². The average Bonchev–Trinajstić information content (AvgIpc) is 4.06. The lowest BCUT2D eigenvalue weighted by Crippen LogP contribution is -2.53. The molecular weight excluding hydrogens is 1050 g/mol. The van der Waals surface area contributed by atoms with Gasteiger partial charge in [0.25, 0.3) is 20.2 Å². The topological polar surface area (TPSA) is 104 Å². The Balaban J connectivity index is 0.000000236. The fraction of sp³-hybridized carbons (Fsp3) is 0.382. The minimum Gasteiger partial charge on any atom is -0.474 e. The molecule has 14 heteroatoms. The van der Waals surface area contributed by atoms with Crippen LogP contribution in [0, 0.1) is 13.8 Å². The van der Waals surface area contributed by atoms with E-state index < -0.39 is 35.2 Å². The van der Waals surface area contributed by atoms with Gasteiger partial charge in [0.2, 0.25) is 15.0 Å². The molecule has 0 radical (unpaired) electrons. The number of benzene rings is 6. The van der Waals surface area contributed by atoms with Gasteiger partial charge in [-0.1, -0.05) is 219 Å². The van der Waals surface area contributed by atoms with Gasteiger partial charge in [0, 0.05) is 44.5 Å². The fourth-order valence-electron chi connectivity index (χ4n) is 11.4. The Labute approximate surface area is 493 Å². The zero-order chi connectivity index (χ0) is 60.1. The van der Waals surface area contributed by atoms with Crippen molar-refractivity contribution in [2.45, 2.75) is 182 Å². The lowest BCUT2D eigenvalue weighted by atomic mass is 9.90. The molecule has 436 valence electrons. The van der Waals surface area contributed by atoms with E-state index in [1.165, 1.54) is 44.5 Å². The minimum atomic E-state index is -3.93. The maximum atomic E-state index is 13.4. The first-order valence-electron chi connectivity index (χ1n) is 29.9. The van der Waals surface area contributed by atoms with Gasteiger partial charge in [-0.15, -0.1) is 0 Å². The van der Waals surface area contributed by atoms with Crippen molar-refractivity contribution in [3.63, 3.8) is 0 Å². The van der Waals surface area contributed by atoms with Crippen LogP contribution in [0.4, 0.5) is 0 Å². The second-order valence-corrected chi connectivity index (χ2v) is 28.3. The predicted octanol–water partition coefficient (Wildman–Crippen LogP) is 13.3. The number of hydrogen-bond donors (Lipinski definition) is 0. The summed E-state index contributed by atoms with van der Waals surface area (Å²) in [6, 6.07) is 39.7. The normalized spacial score (nSPS) is 12.3. The molecule has 8 aromatic rings. The molecular formula is C68H90B2N4O6S2. The van der Waals surface area contributed by atoms with Crippen molar-refractivity contribution >= 4 is 46.6 Å². The molecule has 0 aliphatic rings. The fourth-order valence-corrected chi connectivity index (χ4v) is 13.5. The van der Waals surface area contributed by atoms with Crippen LogP contribution in [0.3, 0.4) is 0 Å². The van der Waals surface area contributed by atoms with Crippen LogP contribution in [0.2, 0.25) is 0 Å². The van der Waals surface area contributed by atoms with Crippen LogP contribution in [-0.2, 0) is 28.4 Å². The summed E-state index contributed by atoms with van der Waals surface area (Å²) in [5, 5.41) is 0. The zero-order valence-electron chi connectivity index (χ0n) is 52.5. The molecule has 0 aliphatic heterocycles. The van der Waals surface area contributed by atoms with E-state index >= 15 is 0 Å². The van der Waals surface area contributed by atoms with Crippen molar-refractivity contribution in [3.05, 3.63) is 202 Å². The van der Waals surface area contributed by atoms with Crippen molar-refractivity contribution in [2.75, 3.05) is 0 Å². The highest BCUT2D eigenvalue weighted by molar-refractivity contribution is 7.87. The van der Waals surface area contributed by atoms with E-state index in [9.17, 15) is 16.8 Å². The maximum Gasteiger partial charge on any atom is 0.256 e. The molecule has 0 saturated carbocycles. The molecule has 2 heterocycles. The van der Waals surface area contributed by atoms with Crippen LogP contribution in [0.5, 0.6) is 0 Å². The first kappa shape index (κ1) is 63.3. The summed E-state index contributed by atoms with van der Waals surface area (Å²) in [6.45, 7) is 39.2. The van der Waals surface area contributed by atoms with Crippen molar-refractivity contribution in [3.8, 4) is 22.7 Å². The molecule has 2 aromatic heterocycles. The van der Waals surface area contributed by atoms with Gasteiger partial charge < -0.3 is 8.20 Å². The number of aromatic nitrogens is 4. The average molecular weight is 1150 g/mol. The van der Waals surface area contributed by atoms with Gasteiger partial charge in [0.05, 0.1) is 9.79 Å². The Bertz CT molecular complexity index is 3210. The molecule has 0 spiro atoms. The Hall–Kier alpha value is -6.31. The summed E-state index contributed by atoms with van der Waals surface area (Å²) in [5.41, 5.74) is 18.1. The number of aryl methyl sites for hydroxylation is 2. The Kier molecular flexibility index (Phi) is 20.5. The van der Waals surface area contributed by atoms with Gasteiger partial charge in [0.1, 0.15) is 59.0 Å². The van der Waals surface area contributed by atoms with E-state index in [4.69, 9.17) is 8.20 Å². The van der Waals surface area contributed by atoms with Crippen molar-refractivity contribution in [1.29, 1.82) is 0 Å². The molecule has 10 nitrogen and oxygen atoms in total. The quantitative estimate of drug-likeness (QED) is 0.0556. The number of rotatable bonds is 20. The summed E-state index contributed by atoms with van der Waals surface area (Å²) in [7, 11) is -11.1. The van der Waals surface area contributed by atoms with Crippen molar-refractivity contribution in [2.24, 2.45) is 0 Å². The molecule has 0 saturated heterocycles. The highest BCUT2D eigenvalue weighted by atomic mass is 32.2. The largest absolute Gasteiger partial charge is 0.474 e. The lowest BCUT2D eigenvalue weighted by molar-refractivity contribution is -0.577. The van der Waals surface area contributed by atoms with Crippen LogP contribution in [0.15, 0.2) is 156 Å². The third-order valence-corrected chi connectivity index (χ3v) is 19.0. The third kappa shape index (κ3) is 13.8. The third-order valence-electron chi connectivity index (χ3n) is 16.0. The van der Waals surface area contributed by atoms with E-state index in [2.05, 4.69) is 227 Å². The Morgan fingerprint density at radius 2 is 0.585 bits per heavy atom. The number of para-hydroxylation sites is 4. The monoisotopic (exact) mass is 1140 g/mol. The van der Waals surface area contributed by atoms with Crippen LogP contribution >= 0.6 is 0 Å². The van der Waals surface area contributed by atoms with Gasteiger partial charge in [-0.05, 0) is 85.5 Å². The SMILES string of the molecule is Cc1ccc(S(=O)(=O)O[BH2-]c2n(-c3c(C(C)C)cccc3C(C)C)cc[n+]2-c2c(C(C)C)cccc2C(C)C)cc1.Cc1ccc(S(=O)(=O)O[BH2-]c2n(-c3c(C(C)C)cccc3C(C)C)cc[n+]2-c2c(C(C)C)cccc2C(C)C)cc1. The summed E-state index contributed by atoms with van der Waals surface area (Å²) in [5.74, 6) is 2.32. The number of nitrogens with zero attached hydrogens (tertiary/aromatic N) is 4. The Morgan fingerprint density at radius 3 is 0.817 bits per heavy atom. The molecule has 0 atom stereocenters. The molecule has 6 aromatic carbocycles. The van der Waals surface area contributed by atoms with Gasteiger partial charge in [0.15, 0.2) is 0 Å². The molecule has 0 bridgehead atoms. The molecule has 0 aliphatic carbocycles. The van der Waals surface area contributed by atoms with E-state index in [0.29, 0.717) is 47.3 Å². The summed E-state index contributed by atoms with van der Waals surface area (Å²) >= 11 is 0. The summed E-state index contributed by atoms with van der Waals surface area (Å²) < 4.78 is 74.5. The standard InChI is InChI=1S/2C34H45BN2O3S/c2*1-22(2)28-12-10-13-29(23(3)4)32(28)36-20-21-37(33-30(24(5)6)14-11-15-31(33)25(7)8)34(36)35-40-41(38,39)27-18-16-26(9)17-19-27/h2*10-25H,35H2,1-9H3. The summed E-state index contributed by atoms with van der Waals surface area (Å²) in [6.07, 6.45) is 8.37. The van der Waals surface area contributed by atoms with Crippen LogP contribution in [0.1, 0.15) is 214 Å². The highest BCUT2D eigenvalue weighted by Crippen LogP contribution is 2.34. The number of hydrogen-bond acceptors (Lipinski definition) is 6. The van der Waals surface area contributed by atoms with Crippen molar-refractivity contribution < 1.29 is 34.2 Å². The second-order valence-electron chi connectivity index (χ2n) is 24.8. The van der Waals surface area contributed by atoms with Gasteiger partial charge in [-0.2, -0.15) is 16.8 Å². The first-order valence-corrected chi connectivity index (χ1v) is 32.7. The molecule has 82 heavy (non-hydrogen) atoms. The van der Waals surface area contributed by atoms with E-state index in [-0.39, 0.29) is 9.79 Å². The lowest BCUT2D eigenvalue weighted by Gasteiger charge is -2.22. The van der Waals surface area contributed by atoms with E-state index in [1.807, 2.05) is 13.8 Å². The second kappa shape index (κ2) is 26.5. The zero-order valence-corrected chi connectivity index (χ0v) is 54.2. The smallest absolute Gasteiger partial charge is 0.256 e. The number of imidazole rings is 2. The summed E-state index contributed by atoms with van der Waals surface area (Å²) in [4.78, 5) is 0.375. The Morgan fingerprint density at radius 1 is 0.354 bits per heavy atom. The highest BCUT2D eigenvalue weighted by Gasteiger charge is 2.31. The predicted molar refractivity (Wildman–Crippen MR) is 343 cm³/mol. The minimum absolute atomic E-state index is 0.187. The maximum absolute atomic E-state index is 13.4. The van der Waals surface area contributed by atoms with E-state index in [1.54, 1.807) is 48.5 Å². The molecule has 0 fully saturated rings. The van der Waals surface area contributed by atoms with Crippen LogP contribution in [0.25, 0.3) is 22.7 Å². The molecule has 0 N–H and O–H groups in total. The molecule has 0 amide bonds. The van der Waals surface area contributed by atoms with Crippen LogP contribution in [-0.4, -0.2) is 40.9 Å². The van der Waals surface area contributed by atoms with Gasteiger partial charge in [-0.25, -0.2) is 18.3 Å². The molecule has 0 unspecified atom stereocenters. The first-order chi connectivity index (χ1) is 38.7. The van der Waals surface area contributed by atoms with E-state index in [0.717, 1.165) is 45.3 Å². The van der Waals surface area contributed by atoms with Crippen molar-refractivity contribution in [1.82, 2.24) is 9.13 Å². The van der Waals surface area contributed by atoms with Gasteiger partial charge in [-0.3, -0.25) is 0 Å². The molecule has 8 rings (SSSR count). The van der Waals surface area contributed by atoms with Gasteiger partial charge >= 0.3 is 0 Å².